The summed E-state index contributed by atoms with van der Waals surface area (Å²) in [5.41, 5.74) is -0.0212. The fourth-order valence-electron chi connectivity index (χ4n) is 2.38. The van der Waals surface area contributed by atoms with Crippen molar-refractivity contribution in [1.82, 2.24) is 10.3 Å². The summed E-state index contributed by atoms with van der Waals surface area (Å²) in [6, 6.07) is 6.78. The van der Waals surface area contributed by atoms with E-state index in [4.69, 9.17) is 0 Å². The van der Waals surface area contributed by atoms with Crippen molar-refractivity contribution < 1.29 is 41.7 Å². The molecule has 0 aliphatic carbocycles. The molecule has 0 saturated carbocycles. The van der Waals surface area contributed by atoms with Crippen molar-refractivity contribution in [1.29, 1.82) is 0 Å². The zero-order valence-electron chi connectivity index (χ0n) is 14.0. The number of amides is 1. The van der Waals surface area contributed by atoms with Crippen molar-refractivity contribution in [2.45, 2.75) is 31.1 Å². The Hall–Kier alpha value is -2.95. The smallest absolute Gasteiger partial charge is 0.461 e. The van der Waals surface area contributed by atoms with Crippen molar-refractivity contribution in [3.05, 3.63) is 59.7 Å². The van der Waals surface area contributed by atoms with Crippen LogP contribution in [-0.2, 0) is 6.42 Å². The molecule has 11 heteroatoms. The van der Waals surface area contributed by atoms with E-state index in [9.17, 15) is 37.0 Å². The zero-order valence-corrected chi connectivity index (χ0v) is 14.0. The quantitative estimate of drug-likeness (QED) is 0.518. The number of hydrogen-bond acceptors (Lipinski definition) is 5. The predicted molar refractivity (Wildman–Crippen MR) is 83.2 cm³/mol. The van der Waals surface area contributed by atoms with Crippen LogP contribution < -0.4 is 15.2 Å². The number of carbonyl (C=O) groups is 1. The number of nitrogens with zero attached hydrogens (tertiary/aromatic N) is 1. The largest absolute Gasteiger partial charge is 0.530 e. The lowest BCUT2D eigenvalue weighted by Gasteiger charge is -2.25. The number of carboxylic acid groups (broad SMARTS) is 1. The van der Waals surface area contributed by atoms with Crippen molar-refractivity contribution in [2.24, 2.45) is 0 Å². The van der Waals surface area contributed by atoms with E-state index in [1.807, 2.05) is 5.32 Å². The number of aromatic nitrogens is 1. The summed E-state index contributed by atoms with van der Waals surface area (Å²) < 4.78 is 67.8. The molecule has 2 aromatic rings. The van der Waals surface area contributed by atoms with Crippen molar-refractivity contribution in [3.8, 4) is 5.75 Å². The van der Waals surface area contributed by atoms with E-state index in [0.29, 0.717) is 0 Å². The van der Waals surface area contributed by atoms with Gasteiger partial charge in [-0.25, -0.2) is 4.98 Å². The Kier molecular flexibility index (Phi) is 6.73. The molecule has 2 atom stereocenters. The highest BCUT2D eigenvalue weighted by atomic mass is 19.3. The fourth-order valence-corrected chi connectivity index (χ4v) is 2.38. The van der Waals surface area contributed by atoms with Gasteiger partial charge in [-0.05, 0) is 36.2 Å². The molecule has 0 aliphatic rings. The molecule has 0 saturated heterocycles. The molecule has 0 bridgehead atoms. The highest BCUT2D eigenvalue weighted by Crippen LogP contribution is 2.28. The first-order chi connectivity index (χ1) is 13.1. The monoisotopic (exact) mass is 405 g/mol. The van der Waals surface area contributed by atoms with Gasteiger partial charge in [0, 0.05) is 0 Å². The van der Waals surface area contributed by atoms with Gasteiger partial charge in [0.05, 0.1) is 11.7 Å². The number of aliphatic hydroxyl groups is 1. The van der Waals surface area contributed by atoms with Crippen LogP contribution in [0.2, 0.25) is 0 Å². The second-order valence-corrected chi connectivity index (χ2v) is 5.68. The number of rotatable bonds is 8. The molecule has 1 aromatic carbocycles. The van der Waals surface area contributed by atoms with Crippen LogP contribution in [0.15, 0.2) is 42.5 Å². The summed E-state index contributed by atoms with van der Waals surface area (Å²) in [5, 5.41) is 23.1. The summed E-state index contributed by atoms with van der Waals surface area (Å²) in [7, 11) is 0. The third kappa shape index (κ3) is 5.78. The van der Waals surface area contributed by atoms with E-state index in [0.717, 1.165) is 18.2 Å². The standard InChI is InChI=1S/C17H15F5N2O4/c18-13-6-2-5-11(23-13)14(25)12(24-16(26)27)8-9-3-1-4-10(7-9)28-17(21,22)15(19)20/h1-7,12,14-15,24-25H,8H2,(H,26,27)/p-1. The maximum absolute atomic E-state index is 13.2. The maximum Gasteiger partial charge on any atom is 0.461 e. The van der Waals surface area contributed by atoms with Gasteiger partial charge in [-0.1, -0.05) is 18.2 Å². The second kappa shape index (κ2) is 8.83. The van der Waals surface area contributed by atoms with Crippen LogP contribution in [0.4, 0.5) is 26.7 Å². The Bertz CT molecular complexity index is 822. The molecule has 0 radical (unpaired) electrons. The number of ether oxygens (including phenoxy) is 1. The van der Waals surface area contributed by atoms with Gasteiger partial charge in [-0.3, -0.25) is 0 Å². The normalized spacial score (nSPS) is 13.8. The van der Waals surface area contributed by atoms with Gasteiger partial charge in [-0.15, -0.1) is 0 Å². The summed E-state index contributed by atoms with van der Waals surface area (Å²) in [6.45, 7) is 0. The second-order valence-electron chi connectivity index (χ2n) is 5.68. The Morgan fingerprint density at radius 3 is 2.54 bits per heavy atom. The van der Waals surface area contributed by atoms with Crippen LogP contribution in [0.1, 0.15) is 17.4 Å². The number of pyridine rings is 1. The average molecular weight is 405 g/mol. The number of alkyl halides is 4. The molecule has 0 fully saturated rings. The fraction of sp³-hybridized carbons (Fsp3) is 0.294. The molecule has 2 unspecified atom stereocenters. The SMILES string of the molecule is O=C([O-])NC(Cc1cccc(OC(F)(F)C(F)F)c1)C(O)c1cccc(F)n1. The summed E-state index contributed by atoms with van der Waals surface area (Å²) >= 11 is 0. The molecule has 0 aliphatic heterocycles. The third-order valence-electron chi connectivity index (χ3n) is 3.59. The first-order valence-corrected chi connectivity index (χ1v) is 7.80. The van der Waals surface area contributed by atoms with E-state index >= 15 is 0 Å². The molecule has 1 heterocycles. The van der Waals surface area contributed by atoms with Crippen molar-refractivity contribution >= 4 is 6.09 Å². The molecule has 2 rings (SSSR count). The molecule has 28 heavy (non-hydrogen) atoms. The first-order valence-electron chi connectivity index (χ1n) is 7.80. The number of benzene rings is 1. The molecule has 152 valence electrons. The molecule has 6 nitrogen and oxygen atoms in total. The minimum absolute atomic E-state index is 0.164. The molecule has 0 spiro atoms. The van der Waals surface area contributed by atoms with Gasteiger partial charge < -0.3 is 25.1 Å². The lowest BCUT2D eigenvalue weighted by Crippen LogP contribution is -2.47. The van der Waals surface area contributed by atoms with E-state index in [1.165, 1.54) is 24.3 Å². The van der Waals surface area contributed by atoms with Crippen molar-refractivity contribution in [3.63, 3.8) is 0 Å². The van der Waals surface area contributed by atoms with E-state index in [-0.39, 0.29) is 17.7 Å². The Morgan fingerprint density at radius 1 is 1.25 bits per heavy atom. The van der Waals surface area contributed by atoms with E-state index in [2.05, 4.69) is 9.72 Å². The van der Waals surface area contributed by atoms with Crippen LogP contribution in [0.3, 0.4) is 0 Å². The van der Waals surface area contributed by atoms with Gasteiger partial charge in [0.2, 0.25) is 5.95 Å². The number of halogens is 5. The van der Waals surface area contributed by atoms with Crippen LogP contribution in [0.25, 0.3) is 0 Å². The van der Waals surface area contributed by atoms with Gasteiger partial charge in [0.1, 0.15) is 17.9 Å². The number of hydrogen-bond donors (Lipinski definition) is 2. The highest BCUT2D eigenvalue weighted by Gasteiger charge is 2.44. The lowest BCUT2D eigenvalue weighted by molar-refractivity contribution is -0.253. The number of carbonyl (C=O) groups excluding carboxylic acids is 1. The summed E-state index contributed by atoms with van der Waals surface area (Å²) in [6.07, 6.45) is -12.4. The van der Waals surface area contributed by atoms with Gasteiger partial charge in [0.25, 0.3) is 0 Å². The maximum atomic E-state index is 13.2. The van der Waals surface area contributed by atoms with Crippen LogP contribution in [0, 0.1) is 5.95 Å². The summed E-state index contributed by atoms with van der Waals surface area (Å²) in [4.78, 5) is 14.3. The molecule has 1 aromatic heterocycles. The van der Waals surface area contributed by atoms with Crippen LogP contribution in [-0.4, -0.2) is 34.8 Å². The molecular weight excluding hydrogens is 391 g/mol. The van der Waals surface area contributed by atoms with Crippen LogP contribution >= 0.6 is 0 Å². The predicted octanol–water partition coefficient (Wildman–Crippen LogP) is 2.03. The minimum atomic E-state index is -4.72. The number of nitrogens with one attached hydrogen (secondary N) is 1. The van der Waals surface area contributed by atoms with E-state index < -0.39 is 42.5 Å². The molecular formula is C17H14F5N2O4-. The third-order valence-corrected chi connectivity index (χ3v) is 3.59. The minimum Gasteiger partial charge on any atom is -0.530 e. The summed E-state index contributed by atoms with van der Waals surface area (Å²) in [5.74, 6) is -1.50. The Balaban J connectivity index is 2.22. The first kappa shape index (κ1) is 21.4. The Morgan fingerprint density at radius 2 is 1.93 bits per heavy atom. The molecule has 1 amide bonds. The molecule has 2 N–H and O–H groups in total. The highest BCUT2D eigenvalue weighted by molar-refractivity contribution is 5.62. The van der Waals surface area contributed by atoms with E-state index in [1.54, 1.807) is 0 Å². The van der Waals surface area contributed by atoms with Gasteiger partial charge in [0.15, 0.2) is 0 Å². The Labute approximate surface area is 155 Å². The average Bonchev–Trinajstić information content (AvgIpc) is 2.60. The zero-order chi connectivity index (χ0) is 20.9. The van der Waals surface area contributed by atoms with Gasteiger partial charge >= 0.3 is 12.5 Å². The topological polar surface area (TPSA) is 94.5 Å². The van der Waals surface area contributed by atoms with Crippen molar-refractivity contribution in [2.75, 3.05) is 0 Å². The number of aliphatic hydroxyl groups excluding tert-OH is 1. The lowest BCUT2D eigenvalue weighted by atomic mass is 9.98. The van der Waals surface area contributed by atoms with Crippen LogP contribution in [0.5, 0.6) is 5.75 Å². The van der Waals surface area contributed by atoms with Gasteiger partial charge in [-0.2, -0.15) is 22.0 Å².